The van der Waals surface area contributed by atoms with Gasteiger partial charge in [-0.15, -0.1) is 0 Å². The van der Waals surface area contributed by atoms with Crippen LogP contribution >= 0.6 is 23.2 Å². The Morgan fingerprint density at radius 1 is 1.09 bits per heavy atom. The second kappa shape index (κ2) is 14.6. The highest BCUT2D eigenvalue weighted by Gasteiger charge is 2.23. The maximum absolute atomic E-state index is 14.3. The number of morpholine rings is 1. The topological polar surface area (TPSA) is 124 Å². The molecule has 0 atom stereocenters. The van der Waals surface area contributed by atoms with Gasteiger partial charge in [0.1, 0.15) is 17.3 Å². The molecule has 2 aromatic heterocycles. The zero-order valence-corrected chi connectivity index (χ0v) is 28.4. The quantitative estimate of drug-likeness (QED) is 0.189. The van der Waals surface area contributed by atoms with Crippen molar-refractivity contribution in [1.29, 1.82) is 0 Å². The average Bonchev–Trinajstić information content (AvgIpc) is 3.06. The fourth-order valence-electron chi connectivity index (χ4n) is 5.59. The molecule has 4 aromatic rings. The van der Waals surface area contributed by atoms with Crippen LogP contribution in [0.2, 0.25) is 10.0 Å². The monoisotopic (exact) mass is 680 g/mol. The molecule has 0 aliphatic carbocycles. The van der Waals surface area contributed by atoms with Gasteiger partial charge in [0.05, 0.1) is 48.6 Å². The smallest absolute Gasteiger partial charge is 0.259 e. The van der Waals surface area contributed by atoms with E-state index in [1.165, 1.54) is 14.2 Å². The summed E-state index contributed by atoms with van der Waals surface area (Å²) < 4.78 is 18.1. The van der Waals surface area contributed by atoms with Crippen LogP contribution in [0.3, 0.4) is 0 Å². The van der Waals surface area contributed by atoms with E-state index in [2.05, 4.69) is 26.7 Å². The number of nitrogens with one attached hydrogen (secondary N) is 1. The molecule has 1 fully saturated rings. The van der Waals surface area contributed by atoms with Gasteiger partial charge in [0.2, 0.25) is 5.91 Å². The van der Waals surface area contributed by atoms with Gasteiger partial charge in [0, 0.05) is 71.4 Å². The molecule has 1 aliphatic rings. The summed E-state index contributed by atoms with van der Waals surface area (Å²) in [4.78, 5) is 35.4. The number of ether oxygens (including phenoxy) is 3. The van der Waals surface area contributed by atoms with Crippen LogP contribution in [0.15, 0.2) is 54.0 Å². The number of primary amides is 1. The maximum Gasteiger partial charge on any atom is 0.259 e. The maximum atomic E-state index is 14.3. The third-order valence-electron chi connectivity index (χ3n) is 8.07. The first kappa shape index (κ1) is 34.1. The lowest BCUT2D eigenvalue weighted by molar-refractivity contribution is -0.112. The number of carbonyl (C=O) groups is 1. The fourth-order valence-corrected chi connectivity index (χ4v) is 6.29. The standard InChI is InChI=1S/C34H38Cl2N6O5/c1-20(33(37)43)23-16-22(41-11-13-47-14-12-41)7-8-25(23)39-29-17-26-21(19-38-29)15-24(34(44)42(26)10-6-9-40(2)3)30-31(35)27(45-4)18-28(46-5)32(30)36/h7-8,15-19H,1,6,9-14H2,2-5H3,(H2,37,43)(H,38,39). The van der Waals surface area contributed by atoms with Crippen molar-refractivity contribution in [1.82, 2.24) is 14.5 Å². The van der Waals surface area contributed by atoms with Crippen LogP contribution in [0.25, 0.3) is 27.6 Å². The molecule has 2 aromatic carbocycles. The summed E-state index contributed by atoms with van der Waals surface area (Å²) in [5.41, 5.74) is 8.87. The first-order valence-corrected chi connectivity index (χ1v) is 15.8. The van der Waals surface area contributed by atoms with Crippen molar-refractivity contribution in [3.63, 3.8) is 0 Å². The van der Waals surface area contributed by atoms with E-state index in [0.717, 1.165) is 25.3 Å². The van der Waals surface area contributed by atoms with Gasteiger partial charge < -0.3 is 39.6 Å². The highest BCUT2D eigenvalue weighted by Crippen LogP contribution is 2.45. The third kappa shape index (κ3) is 7.18. The predicted octanol–water partition coefficient (Wildman–Crippen LogP) is 5.42. The molecule has 0 saturated carbocycles. The largest absolute Gasteiger partial charge is 0.495 e. The Balaban J connectivity index is 1.63. The van der Waals surface area contributed by atoms with Gasteiger partial charge in [0.25, 0.3) is 5.56 Å². The SMILES string of the molecule is C=C(C(N)=O)c1cc(N2CCOCC2)ccc1Nc1cc2c(cn1)cc(-c1c(Cl)c(OC)cc(OC)c1Cl)c(=O)n2CCCN(C)C. The first-order valence-electron chi connectivity index (χ1n) is 15.1. The van der Waals surface area contributed by atoms with E-state index in [-0.39, 0.29) is 26.7 Å². The van der Waals surface area contributed by atoms with Crippen LogP contribution < -0.4 is 31.0 Å². The van der Waals surface area contributed by atoms with E-state index in [9.17, 15) is 9.59 Å². The number of rotatable bonds is 12. The van der Waals surface area contributed by atoms with E-state index in [1.54, 1.807) is 29.0 Å². The summed E-state index contributed by atoms with van der Waals surface area (Å²) in [6.07, 6.45) is 2.37. The Labute approximate surface area is 283 Å². The van der Waals surface area contributed by atoms with Crippen molar-refractivity contribution >= 4 is 62.8 Å². The van der Waals surface area contributed by atoms with E-state index >= 15 is 0 Å². The molecule has 3 heterocycles. The molecule has 1 saturated heterocycles. The average molecular weight is 682 g/mol. The van der Waals surface area contributed by atoms with Crippen LogP contribution in [0.1, 0.15) is 12.0 Å². The van der Waals surface area contributed by atoms with Gasteiger partial charge in [0.15, 0.2) is 0 Å². The molecule has 11 nitrogen and oxygen atoms in total. The Bertz CT molecular complexity index is 1860. The Morgan fingerprint density at radius 3 is 2.38 bits per heavy atom. The van der Waals surface area contributed by atoms with Gasteiger partial charge >= 0.3 is 0 Å². The summed E-state index contributed by atoms with van der Waals surface area (Å²) >= 11 is 13.5. The molecule has 47 heavy (non-hydrogen) atoms. The number of aryl methyl sites for hydroxylation is 1. The zero-order chi connectivity index (χ0) is 33.8. The number of hydrogen-bond donors (Lipinski definition) is 2. The fraction of sp³-hybridized carbons (Fsp3) is 0.324. The molecular weight excluding hydrogens is 643 g/mol. The Hall–Kier alpha value is -4.29. The lowest BCUT2D eigenvalue weighted by atomic mass is 10.0. The lowest BCUT2D eigenvalue weighted by Gasteiger charge is -2.29. The van der Waals surface area contributed by atoms with Crippen LogP contribution in [0, 0.1) is 0 Å². The van der Waals surface area contributed by atoms with E-state index in [4.69, 9.17) is 43.1 Å². The number of nitrogens with two attached hydrogens (primary N) is 1. The van der Waals surface area contributed by atoms with Crippen LogP contribution in [0.5, 0.6) is 11.5 Å². The van der Waals surface area contributed by atoms with Crippen LogP contribution in [-0.2, 0) is 16.1 Å². The number of methoxy groups -OCH3 is 2. The second-order valence-electron chi connectivity index (χ2n) is 11.4. The third-order valence-corrected chi connectivity index (χ3v) is 8.82. The van der Waals surface area contributed by atoms with Gasteiger partial charge in [-0.2, -0.15) is 0 Å². The number of carbonyl (C=O) groups excluding carboxylic acids is 1. The minimum Gasteiger partial charge on any atom is -0.495 e. The number of amides is 1. The number of nitrogens with zero attached hydrogens (tertiary/aromatic N) is 4. The number of aromatic nitrogens is 2. The highest BCUT2D eigenvalue weighted by molar-refractivity contribution is 6.41. The molecular formula is C34H38Cl2N6O5. The van der Waals surface area contributed by atoms with Gasteiger partial charge in [-0.1, -0.05) is 29.8 Å². The molecule has 0 bridgehead atoms. The summed E-state index contributed by atoms with van der Waals surface area (Å²) in [5.74, 6) is 0.481. The zero-order valence-electron chi connectivity index (χ0n) is 26.9. The van der Waals surface area contributed by atoms with Gasteiger partial charge in [-0.05, 0) is 51.3 Å². The van der Waals surface area contributed by atoms with Crippen molar-refractivity contribution < 1.29 is 19.0 Å². The van der Waals surface area contributed by atoms with Gasteiger partial charge in [-0.25, -0.2) is 4.98 Å². The van der Waals surface area contributed by atoms with E-state index < -0.39 is 5.91 Å². The summed E-state index contributed by atoms with van der Waals surface area (Å²) in [5, 5.41) is 4.41. The van der Waals surface area contributed by atoms with Crippen molar-refractivity contribution in [3.8, 4) is 22.6 Å². The van der Waals surface area contributed by atoms with Crippen molar-refractivity contribution in [2.45, 2.75) is 13.0 Å². The van der Waals surface area contributed by atoms with E-state index in [1.807, 2.05) is 32.3 Å². The van der Waals surface area contributed by atoms with Crippen LogP contribution in [0.4, 0.5) is 17.2 Å². The number of benzene rings is 2. The van der Waals surface area contributed by atoms with E-state index in [0.29, 0.717) is 71.2 Å². The molecule has 5 rings (SSSR count). The number of halogens is 2. The molecule has 13 heteroatoms. The summed E-state index contributed by atoms with van der Waals surface area (Å²) in [7, 11) is 6.93. The molecule has 0 spiro atoms. The highest BCUT2D eigenvalue weighted by atomic mass is 35.5. The molecule has 1 aliphatic heterocycles. The minimum absolute atomic E-state index is 0.163. The molecule has 248 valence electrons. The number of anilines is 3. The number of hydrogen-bond acceptors (Lipinski definition) is 9. The Morgan fingerprint density at radius 2 is 1.77 bits per heavy atom. The molecule has 0 radical (unpaired) electrons. The second-order valence-corrected chi connectivity index (χ2v) is 12.1. The van der Waals surface area contributed by atoms with Crippen molar-refractivity contribution in [3.05, 3.63) is 75.1 Å². The van der Waals surface area contributed by atoms with Gasteiger partial charge in [-0.3, -0.25) is 9.59 Å². The lowest BCUT2D eigenvalue weighted by Crippen LogP contribution is -2.36. The number of fused-ring (bicyclic) bond motifs is 1. The predicted molar refractivity (Wildman–Crippen MR) is 189 cm³/mol. The molecule has 0 unspecified atom stereocenters. The molecule has 3 N–H and O–H groups in total. The summed E-state index contributed by atoms with van der Waals surface area (Å²) in [6, 6.07) is 10.8. The van der Waals surface area contributed by atoms with Crippen molar-refractivity contribution in [2.24, 2.45) is 5.73 Å². The normalized spacial score (nSPS) is 13.2. The summed E-state index contributed by atoms with van der Waals surface area (Å²) in [6.45, 7) is 7.82. The Kier molecular flexibility index (Phi) is 10.6. The minimum atomic E-state index is -0.632. The van der Waals surface area contributed by atoms with Crippen molar-refractivity contribution in [2.75, 3.05) is 71.4 Å². The molecule has 1 amide bonds. The number of pyridine rings is 2. The van der Waals surface area contributed by atoms with Crippen LogP contribution in [-0.4, -0.2) is 81.5 Å². The first-order chi connectivity index (χ1) is 22.5.